The molecule has 1 amide bonds. The molecule has 7 atom stereocenters. The number of ether oxygens (including phenoxy) is 2. The van der Waals surface area contributed by atoms with Gasteiger partial charge in [-0.05, 0) is 44.9 Å². The molecule has 75 heavy (non-hydrogen) atoms. The second-order valence-corrected chi connectivity index (χ2v) is 23.3. The Hall–Kier alpha value is -1.33. The van der Waals surface area contributed by atoms with Crippen LogP contribution in [-0.2, 0) is 14.3 Å². The van der Waals surface area contributed by atoms with Crippen LogP contribution in [0.1, 0.15) is 335 Å². The van der Waals surface area contributed by atoms with E-state index in [9.17, 15) is 30.3 Å². The molecule has 0 saturated carbocycles. The van der Waals surface area contributed by atoms with Crippen molar-refractivity contribution in [2.45, 2.75) is 378 Å². The molecule has 1 fully saturated rings. The van der Waals surface area contributed by atoms with Gasteiger partial charge in [-0.15, -0.1) is 0 Å². The van der Waals surface area contributed by atoms with Gasteiger partial charge in [-0.1, -0.05) is 308 Å². The fraction of sp³-hybridized carbons (Fsp3) is 0.924. The van der Waals surface area contributed by atoms with Gasteiger partial charge in [0.05, 0.1) is 25.4 Å². The Bertz CT molecular complexity index is 1230. The Morgan fingerprint density at radius 3 is 1.15 bits per heavy atom. The fourth-order valence-corrected chi connectivity index (χ4v) is 10.8. The number of carbonyl (C=O) groups is 1. The van der Waals surface area contributed by atoms with Crippen molar-refractivity contribution in [1.29, 1.82) is 0 Å². The zero-order chi connectivity index (χ0) is 54.3. The number of nitrogens with one attached hydrogen (secondary N) is 1. The monoisotopic (exact) mass is 1060 g/mol. The highest BCUT2D eigenvalue weighted by Gasteiger charge is 2.44. The second-order valence-electron chi connectivity index (χ2n) is 23.3. The first-order valence-electron chi connectivity index (χ1n) is 33.0. The molecular formula is C66H127NO8. The highest BCUT2D eigenvalue weighted by atomic mass is 16.7. The molecule has 1 saturated heterocycles. The topological polar surface area (TPSA) is 149 Å². The standard InChI is InChI=1S/C66H127NO8/c1-3-5-7-9-11-13-15-17-19-21-23-25-26-27-28-29-30-31-32-33-34-36-37-39-41-43-45-47-49-51-53-55-60(69)59(58-74-66-65(73)64(72)63(71)61(57-68)75-66)67-62(70)56-54-52-50-48-46-44-42-40-38-35-24-22-20-18-16-14-12-10-8-6-4-2/h16,18,22,24,59-61,63-66,68-69,71-73H,3-15,17,19-21,23,25-58H2,1-2H3,(H,67,70)/b18-16-,24-22-. The first kappa shape index (κ1) is 71.7. The van der Waals surface area contributed by atoms with Gasteiger partial charge in [-0.25, -0.2) is 0 Å². The number of unbranched alkanes of at least 4 members (excludes halogenated alkanes) is 44. The highest BCUT2D eigenvalue weighted by Crippen LogP contribution is 2.24. The molecule has 0 aliphatic carbocycles. The Labute approximate surface area is 464 Å². The Morgan fingerprint density at radius 2 is 0.787 bits per heavy atom. The first-order chi connectivity index (χ1) is 36.8. The second kappa shape index (κ2) is 56.0. The SMILES string of the molecule is CCCCCCC/C=C\C/C=C\CCCCCCCCCCCC(=O)NC(COC1OC(CO)C(O)C(O)C1O)C(O)CCCCCCCCCCCCCCCCCCCCCCCCCCCCCCCCC. The summed E-state index contributed by atoms with van der Waals surface area (Å²) in [5.41, 5.74) is 0. The number of aliphatic hydroxyl groups excluding tert-OH is 5. The van der Waals surface area contributed by atoms with E-state index in [2.05, 4.69) is 43.5 Å². The Morgan fingerprint density at radius 1 is 0.453 bits per heavy atom. The van der Waals surface area contributed by atoms with E-state index in [1.807, 2.05) is 0 Å². The number of hydrogen-bond acceptors (Lipinski definition) is 8. The van der Waals surface area contributed by atoms with Gasteiger partial charge >= 0.3 is 0 Å². The van der Waals surface area contributed by atoms with Crippen molar-refractivity contribution in [3.63, 3.8) is 0 Å². The predicted molar refractivity (Wildman–Crippen MR) is 318 cm³/mol. The van der Waals surface area contributed by atoms with E-state index in [1.54, 1.807) is 0 Å². The summed E-state index contributed by atoms with van der Waals surface area (Å²) in [6, 6.07) is -0.722. The van der Waals surface area contributed by atoms with E-state index >= 15 is 0 Å². The molecule has 0 bridgehead atoms. The molecule has 9 heteroatoms. The molecular weight excluding hydrogens is 935 g/mol. The van der Waals surface area contributed by atoms with E-state index in [-0.39, 0.29) is 12.5 Å². The Kier molecular flexibility index (Phi) is 53.5. The molecule has 1 rings (SSSR count). The van der Waals surface area contributed by atoms with Gasteiger partial charge in [-0.2, -0.15) is 0 Å². The summed E-state index contributed by atoms with van der Waals surface area (Å²) < 4.78 is 11.4. The van der Waals surface area contributed by atoms with Crippen LogP contribution in [0.25, 0.3) is 0 Å². The van der Waals surface area contributed by atoms with E-state index in [0.717, 1.165) is 44.9 Å². The summed E-state index contributed by atoms with van der Waals surface area (Å²) >= 11 is 0. The van der Waals surface area contributed by atoms with Crippen LogP contribution in [0.3, 0.4) is 0 Å². The quantitative estimate of drug-likeness (QED) is 0.0261. The lowest BCUT2D eigenvalue weighted by atomic mass is 9.99. The van der Waals surface area contributed by atoms with Crippen LogP contribution in [0.2, 0.25) is 0 Å². The molecule has 0 aromatic heterocycles. The van der Waals surface area contributed by atoms with Crippen LogP contribution in [-0.4, -0.2) is 87.5 Å². The predicted octanol–water partition coefficient (Wildman–Crippen LogP) is 17.3. The maximum atomic E-state index is 13.1. The van der Waals surface area contributed by atoms with Gasteiger partial charge in [0.25, 0.3) is 0 Å². The molecule has 0 aromatic carbocycles. The number of carbonyl (C=O) groups excluding carboxylic acids is 1. The van der Waals surface area contributed by atoms with Crippen molar-refractivity contribution in [2.24, 2.45) is 0 Å². The molecule has 1 aliphatic rings. The number of hydrogen-bond donors (Lipinski definition) is 6. The van der Waals surface area contributed by atoms with Crippen molar-refractivity contribution >= 4 is 5.91 Å². The van der Waals surface area contributed by atoms with E-state index in [4.69, 9.17) is 9.47 Å². The minimum atomic E-state index is -1.55. The van der Waals surface area contributed by atoms with Gasteiger partial charge in [0.1, 0.15) is 24.4 Å². The van der Waals surface area contributed by atoms with Gasteiger partial charge in [0.15, 0.2) is 6.29 Å². The van der Waals surface area contributed by atoms with Crippen molar-refractivity contribution < 1.29 is 39.8 Å². The van der Waals surface area contributed by atoms with Gasteiger partial charge in [0.2, 0.25) is 5.91 Å². The van der Waals surface area contributed by atoms with Crippen LogP contribution in [0, 0.1) is 0 Å². The normalized spacial score (nSPS) is 18.9. The molecule has 0 aromatic rings. The third-order valence-electron chi connectivity index (χ3n) is 16.1. The molecule has 0 radical (unpaired) electrons. The van der Waals surface area contributed by atoms with Crippen molar-refractivity contribution in [2.75, 3.05) is 13.2 Å². The molecule has 1 aliphatic heterocycles. The summed E-state index contributed by atoms with van der Waals surface area (Å²) in [6.45, 7) is 3.87. The minimum Gasteiger partial charge on any atom is -0.394 e. The van der Waals surface area contributed by atoms with Crippen LogP contribution in [0.15, 0.2) is 24.3 Å². The zero-order valence-electron chi connectivity index (χ0n) is 49.6. The number of allylic oxidation sites excluding steroid dienone is 4. The van der Waals surface area contributed by atoms with Crippen LogP contribution in [0.5, 0.6) is 0 Å². The Balaban J connectivity index is 2.12. The lowest BCUT2D eigenvalue weighted by Crippen LogP contribution is -2.60. The summed E-state index contributed by atoms with van der Waals surface area (Å²) in [5.74, 6) is -0.143. The van der Waals surface area contributed by atoms with Gasteiger partial charge in [-0.3, -0.25) is 4.79 Å². The van der Waals surface area contributed by atoms with Crippen molar-refractivity contribution in [3.8, 4) is 0 Å². The molecule has 1 heterocycles. The first-order valence-corrected chi connectivity index (χ1v) is 33.0. The lowest BCUT2D eigenvalue weighted by molar-refractivity contribution is -0.302. The van der Waals surface area contributed by atoms with E-state index in [1.165, 1.54) is 263 Å². The third kappa shape index (κ3) is 45.1. The van der Waals surface area contributed by atoms with Gasteiger partial charge < -0.3 is 40.3 Å². The summed E-state index contributed by atoms with van der Waals surface area (Å²) in [5, 5.41) is 54.8. The lowest BCUT2D eigenvalue weighted by Gasteiger charge is -2.40. The zero-order valence-corrected chi connectivity index (χ0v) is 49.6. The van der Waals surface area contributed by atoms with Gasteiger partial charge in [0, 0.05) is 6.42 Å². The van der Waals surface area contributed by atoms with E-state index < -0.39 is 49.5 Å². The molecule has 0 spiro atoms. The number of rotatable bonds is 58. The molecule has 7 unspecified atom stereocenters. The van der Waals surface area contributed by atoms with Crippen LogP contribution < -0.4 is 5.32 Å². The average molecular weight is 1060 g/mol. The molecule has 9 nitrogen and oxygen atoms in total. The number of aliphatic hydroxyl groups is 5. The largest absolute Gasteiger partial charge is 0.394 e. The van der Waals surface area contributed by atoms with Crippen LogP contribution >= 0.6 is 0 Å². The fourth-order valence-electron chi connectivity index (χ4n) is 10.8. The smallest absolute Gasteiger partial charge is 0.220 e. The third-order valence-corrected chi connectivity index (χ3v) is 16.1. The maximum Gasteiger partial charge on any atom is 0.220 e. The molecule has 6 N–H and O–H groups in total. The van der Waals surface area contributed by atoms with E-state index in [0.29, 0.717) is 12.8 Å². The summed E-state index contributed by atoms with van der Waals surface area (Å²) in [4.78, 5) is 13.1. The van der Waals surface area contributed by atoms with Crippen molar-refractivity contribution in [3.05, 3.63) is 24.3 Å². The minimum absolute atomic E-state index is 0.137. The summed E-state index contributed by atoms with van der Waals surface area (Å²) in [7, 11) is 0. The summed E-state index contributed by atoms with van der Waals surface area (Å²) in [6.07, 6.45) is 65.2. The number of amides is 1. The highest BCUT2D eigenvalue weighted by molar-refractivity contribution is 5.76. The average Bonchev–Trinajstić information content (AvgIpc) is 3.41. The van der Waals surface area contributed by atoms with Crippen molar-refractivity contribution in [1.82, 2.24) is 5.32 Å². The maximum absolute atomic E-state index is 13.1. The molecule has 444 valence electrons. The van der Waals surface area contributed by atoms with Crippen LogP contribution in [0.4, 0.5) is 0 Å².